The lowest BCUT2D eigenvalue weighted by atomic mass is 9.70. The summed E-state index contributed by atoms with van der Waals surface area (Å²) in [4.78, 5) is 25.0. The predicted molar refractivity (Wildman–Crippen MR) is 100 cm³/mol. The summed E-state index contributed by atoms with van der Waals surface area (Å²) in [6, 6.07) is 5.65. The average molecular weight is 386 g/mol. The van der Waals surface area contributed by atoms with Gasteiger partial charge in [-0.1, -0.05) is 29.3 Å². The summed E-state index contributed by atoms with van der Waals surface area (Å²) < 4.78 is 5.46. The molecule has 1 amide bonds. The van der Waals surface area contributed by atoms with Gasteiger partial charge in [-0.2, -0.15) is 0 Å². The van der Waals surface area contributed by atoms with Crippen LogP contribution in [0, 0.1) is 0 Å². The Balaban J connectivity index is 2.16. The highest BCUT2D eigenvalue weighted by atomic mass is 35.5. The van der Waals surface area contributed by atoms with Crippen LogP contribution in [-0.2, 0) is 14.9 Å². The first-order valence-electron chi connectivity index (χ1n) is 8.54. The first kappa shape index (κ1) is 20.1. The summed E-state index contributed by atoms with van der Waals surface area (Å²) in [5.74, 6) is 0. The van der Waals surface area contributed by atoms with E-state index in [0.29, 0.717) is 29.6 Å². The summed E-state index contributed by atoms with van der Waals surface area (Å²) in [6.07, 6.45) is 3.39. The zero-order valence-corrected chi connectivity index (χ0v) is 16.5. The highest BCUT2D eigenvalue weighted by Gasteiger charge is 2.38. The predicted octanol–water partition coefficient (Wildman–Crippen LogP) is 5.24. The van der Waals surface area contributed by atoms with Gasteiger partial charge in [0.1, 0.15) is 11.9 Å². The summed E-state index contributed by atoms with van der Waals surface area (Å²) in [5.41, 5.74) is 0.396. The van der Waals surface area contributed by atoms with Crippen LogP contribution in [0.2, 0.25) is 10.0 Å². The number of carbonyl (C=O) groups is 2. The molecule has 0 radical (unpaired) electrons. The van der Waals surface area contributed by atoms with E-state index < -0.39 is 5.60 Å². The molecule has 0 bridgehead atoms. The minimum Gasteiger partial charge on any atom is -0.444 e. The molecule has 0 saturated carbocycles. The molecule has 1 aliphatic heterocycles. The van der Waals surface area contributed by atoms with Gasteiger partial charge >= 0.3 is 6.09 Å². The molecule has 138 valence electrons. The topological polar surface area (TPSA) is 46.6 Å². The average Bonchev–Trinajstić information content (AvgIpc) is 2.54. The molecule has 1 aromatic rings. The molecule has 25 heavy (non-hydrogen) atoms. The molecule has 0 atom stereocenters. The Labute approximate surface area is 159 Å². The fourth-order valence-electron chi connectivity index (χ4n) is 3.29. The number of rotatable bonds is 4. The number of hydrogen-bond acceptors (Lipinski definition) is 3. The lowest BCUT2D eigenvalue weighted by Crippen LogP contribution is -2.46. The van der Waals surface area contributed by atoms with Crippen LogP contribution in [0.3, 0.4) is 0 Å². The Kier molecular flexibility index (Phi) is 6.39. The van der Waals surface area contributed by atoms with Crippen molar-refractivity contribution >= 4 is 35.6 Å². The Bertz CT molecular complexity index is 632. The van der Waals surface area contributed by atoms with Gasteiger partial charge in [-0.15, -0.1) is 0 Å². The molecule has 0 aromatic heterocycles. The van der Waals surface area contributed by atoms with Crippen molar-refractivity contribution in [3.8, 4) is 0 Å². The highest BCUT2D eigenvalue weighted by molar-refractivity contribution is 6.42. The van der Waals surface area contributed by atoms with Gasteiger partial charge in [0, 0.05) is 19.5 Å². The number of hydrogen-bond donors (Lipinski definition) is 0. The van der Waals surface area contributed by atoms with Crippen LogP contribution in [0.25, 0.3) is 0 Å². The number of ether oxygens (including phenoxy) is 1. The first-order valence-corrected chi connectivity index (χ1v) is 9.29. The van der Waals surface area contributed by atoms with Crippen LogP contribution in [0.15, 0.2) is 18.2 Å². The summed E-state index contributed by atoms with van der Waals surface area (Å²) >= 11 is 12.2. The second-order valence-corrected chi connectivity index (χ2v) is 8.40. The van der Waals surface area contributed by atoms with Crippen molar-refractivity contribution in [3.63, 3.8) is 0 Å². The maximum Gasteiger partial charge on any atom is 0.410 e. The molecule has 1 aromatic carbocycles. The molecule has 1 saturated heterocycles. The quantitative estimate of drug-likeness (QED) is 0.665. The van der Waals surface area contributed by atoms with E-state index in [-0.39, 0.29) is 11.5 Å². The number of carbonyl (C=O) groups excluding carboxylic acids is 2. The molecular formula is C19H25Cl2NO3. The van der Waals surface area contributed by atoms with E-state index in [0.717, 1.165) is 31.1 Å². The normalized spacial score (nSPS) is 17.2. The van der Waals surface area contributed by atoms with Gasteiger partial charge in [-0.05, 0) is 63.1 Å². The fraction of sp³-hybridized carbons (Fsp3) is 0.579. The van der Waals surface area contributed by atoms with E-state index in [9.17, 15) is 9.59 Å². The third-order valence-electron chi connectivity index (χ3n) is 4.64. The Morgan fingerprint density at radius 3 is 2.40 bits per heavy atom. The van der Waals surface area contributed by atoms with Crippen molar-refractivity contribution in [3.05, 3.63) is 33.8 Å². The molecule has 1 fully saturated rings. The first-order chi connectivity index (χ1) is 11.7. The van der Waals surface area contributed by atoms with E-state index in [4.69, 9.17) is 27.9 Å². The van der Waals surface area contributed by atoms with Crippen LogP contribution >= 0.6 is 23.2 Å². The van der Waals surface area contributed by atoms with Crippen molar-refractivity contribution in [1.29, 1.82) is 0 Å². The van der Waals surface area contributed by atoms with Crippen LogP contribution in [0.5, 0.6) is 0 Å². The largest absolute Gasteiger partial charge is 0.444 e. The molecule has 0 aliphatic carbocycles. The Morgan fingerprint density at radius 1 is 1.24 bits per heavy atom. The monoisotopic (exact) mass is 385 g/mol. The number of aldehydes is 1. The number of amides is 1. The summed E-state index contributed by atoms with van der Waals surface area (Å²) in [7, 11) is 0. The Hall–Kier alpha value is -1.26. The minimum absolute atomic E-state index is 0.173. The summed E-state index contributed by atoms with van der Waals surface area (Å²) in [6.45, 7) is 6.76. The highest BCUT2D eigenvalue weighted by Crippen LogP contribution is 2.41. The lowest BCUT2D eigenvalue weighted by molar-refractivity contribution is -0.108. The van der Waals surface area contributed by atoms with E-state index >= 15 is 0 Å². The van der Waals surface area contributed by atoms with E-state index in [2.05, 4.69) is 0 Å². The zero-order chi connectivity index (χ0) is 18.7. The van der Waals surface area contributed by atoms with Crippen molar-refractivity contribution in [2.45, 2.75) is 57.5 Å². The van der Waals surface area contributed by atoms with Gasteiger partial charge in [0.05, 0.1) is 10.0 Å². The van der Waals surface area contributed by atoms with Crippen LogP contribution < -0.4 is 0 Å². The lowest BCUT2D eigenvalue weighted by Gasteiger charge is -2.42. The van der Waals surface area contributed by atoms with E-state index in [1.54, 1.807) is 11.0 Å². The number of likely N-dealkylation sites (tertiary alicyclic amines) is 1. The third-order valence-corrected chi connectivity index (χ3v) is 5.38. The SMILES string of the molecule is CC(C)(C)OC(=O)N1CCC(CCC=O)(c2ccc(Cl)c(Cl)c2)CC1. The van der Waals surface area contributed by atoms with Crippen LogP contribution in [0.4, 0.5) is 4.79 Å². The zero-order valence-electron chi connectivity index (χ0n) is 15.0. The number of benzene rings is 1. The van der Waals surface area contributed by atoms with E-state index in [1.165, 1.54) is 0 Å². The second-order valence-electron chi connectivity index (χ2n) is 7.58. The molecular weight excluding hydrogens is 361 g/mol. The number of halogens is 2. The van der Waals surface area contributed by atoms with Crippen molar-refractivity contribution in [2.75, 3.05) is 13.1 Å². The van der Waals surface area contributed by atoms with Gasteiger partial charge in [0.25, 0.3) is 0 Å². The van der Waals surface area contributed by atoms with Gasteiger partial charge in [-0.25, -0.2) is 4.79 Å². The van der Waals surface area contributed by atoms with Gasteiger partial charge in [0.15, 0.2) is 0 Å². The molecule has 0 unspecified atom stereocenters. The van der Waals surface area contributed by atoms with Crippen LogP contribution in [0.1, 0.15) is 52.0 Å². The molecule has 1 aliphatic rings. The van der Waals surface area contributed by atoms with E-state index in [1.807, 2.05) is 32.9 Å². The maximum absolute atomic E-state index is 12.3. The minimum atomic E-state index is -0.507. The Morgan fingerprint density at radius 2 is 1.88 bits per heavy atom. The van der Waals surface area contributed by atoms with Crippen molar-refractivity contribution in [2.24, 2.45) is 0 Å². The molecule has 4 nitrogen and oxygen atoms in total. The fourth-order valence-corrected chi connectivity index (χ4v) is 3.59. The molecule has 0 spiro atoms. The van der Waals surface area contributed by atoms with Crippen molar-refractivity contribution in [1.82, 2.24) is 4.90 Å². The van der Waals surface area contributed by atoms with Crippen molar-refractivity contribution < 1.29 is 14.3 Å². The third kappa shape index (κ3) is 5.11. The summed E-state index contributed by atoms with van der Waals surface area (Å²) in [5, 5.41) is 1.03. The standard InChI is InChI=1S/C19H25Cl2NO3/c1-18(2,3)25-17(24)22-10-8-19(9-11-22,7-4-12-23)14-5-6-15(20)16(21)13-14/h5-6,12-13H,4,7-11H2,1-3H3. The molecule has 0 N–H and O–H groups in total. The number of nitrogens with zero attached hydrogens (tertiary/aromatic N) is 1. The smallest absolute Gasteiger partial charge is 0.410 e. The van der Waals surface area contributed by atoms with Crippen LogP contribution in [-0.4, -0.2) is 36.0 Å². The molecule has 1 heterocycles. The van der Waals surface area contributed by atoms with Gasteiger partial charge < -0.3 is 14.4 Å². The molecule has 2 rings (SSSR count). The number of piperidine rings is 1. The maximum atomic E-state index is 12.3. The second kappa shape index (κ2) is 7.96. The molecule has 6 heteroatoms. The van der Waals surface area contributed by atoms with Gasteiger partial charge in [0.2, 0.25) is 0 Å². The van der Waals surface area contributed by atoms with Gasteiger partial charge in [-0.3, -0.25) is 0 Å².